The van der Waals surface area contributed by atoms with E-state index in [2.05, 4.69) is 77.0 Å². The summed E-state index contributed by atoms with van der Waals surface area (Å²) in [7, 11) is 5.13. The third-order valence-electron chi connectivity index (χ3n) is 6.68. The summed E-state index contributed by atoms with van der Waals surface area (Å²) in [5.41, 5.74) is 0.391. The number of hydrogen-bond acceptors (Lipinski definition) is 4. The maximum Gasteiger partial charge on any atom is 0.190 e. The second-order valence-electron chi connectivity index (χ2n) is 8.85. The Morgan fingerprint density at radius 2 is 1.07 bits per heavy atom. The van der Waals surface area contributed by atoms with Crippen LogP contribution < -0.4 is 0 Å². The minimum Gasteiger partial charge on any atom is -0.417 e. The molecule has 0 heterocycles. The molecule has 4 nitrogen and oxygen atoms in total. The molecule has 0 radical (unpaired) electrons. The fourth-order valence-electron chi connectivity index (χ4n) is 3.82. The van der Waals surface area contributed by atoms with Gasteiger partial charge in [-0.15, -0.1) is 0 Å². The van der Waals surface area contributed by atoms with Gasteiger partial charge in [0.2, 0.25) is 0 Å². The molecule has 1 atom stereocenters. The summed E-state index contributed by atoms with van der Waals surface area (Å²) < 4.78 is 6.43. The molecule has 5 heteroatoms. The summed E-state index contributed by atoms with van der Waals surface area (Å²) in [5.74, 6) is 0. The molecule has 0 aliphatic heterocycles. The van der Waals surface area contributed by atoms with Gasteiger partial charge < -0.3 is 19.1 Å². The van der Waals surface area contributed by atoms with Crippen molar-refractivity contribution in [1.82, 2.24) is 14.7 Å². The molecule has 0 rings (SSSR count). The maximum absolute atomic E-state index is 6.43. The van der Waals surface area contributed by atoms with E-state index in [1.165, 1.54) is 51.0 Å². The molecule has 0 amide bonds. The first-order chi connectivity index (χ1) is 12.7. The zero-order chi connectivity index (χ0) is 20.9. The van der Waals surface area contributed by atoms with Gasteiger partial charge in [0, 0.05) is 6.61 Å². The fourth-order valence-corrected chi connectivity index (χ4v) is 7.19. The summed E-state index contributed by atoms with van der Waals surface area (Å²) in [6, 6.07) is 2.52. The van der Waals surface area contributed by atoms with Crippen LogP contribution in [0.15, 0.2) is 0 Å². The largest absolute Gasteiger partial charge is 0.417 e. The van der Waals surface area contributed by atoms with E-state index in [4.69, 9.17) is 4.43 Å². The van der Waals surface area contributed by atoms with E-state index >= 15 is 0 Å². The van der Waals surface area contributed by atoms with Crippen LogP contribution in [0.2, 0.25) is 18.6 Å². The minimum atomic E-state index is -1.66. The third-order valence-corrected chi connectivity index (χ3v) is 10.7. The summed E-state index contributed by atoms with van der Waals surface area (Å²) in [6.45, 7) is 21.6. The smallest absolute Gasteiger partial charge is 0.190 e. The summed E-state index contributed by atoms with van der Waals surface area (Å²) in [6.07, 6.45) is 3.88. The molecule has 0 fully saturated rings. The maximum atomic E-state index is 6.43. The van der Waals surface area contributed by atoms with Crippen molar-refractivity contribution in [1.29, 1.82) is 0 Å². The van der Waals surface area contributed by atoms with Crippen LogP contribution in [0.25, 0.3) is 0 Å². The highest BCUT2D eigenvalue weighted by atomic mass is 28.4. The van der Waals surface area contributed by atoms with E-state index < -0.39 is 8.32 Å². The standard InChI is InChI=1S/C22H51N3OSi/c1-10-23(6)18-15-22(16-19-24(7)11-2,17-20-25(8)12-3)21-27(9,14-5)26-13-4/h10-21H2,1-9H3. The van der Waals surface area contributed by atoms with Crippen LogP contribution in [-0.4, -0.2) is 90.0 Å². The first-order valence-corrected chi connectivity index (χ1v) is 14.2. The van der Waals surface area contributed by atoms with Crippen LogP contribution in [0.3, 0.4) is 0 Å². The quantitative estimate of drug-likeness (QED) is 0.331. The first-order valence-electron chi connectivity index (χ1n) is 11.4. The molecule has 27 heavy (non-hydrogen) atoms. The van der Waals surface area contributed by atoms with E-state index in [-0.39, 0.29) is 0 Å². The highest BCUT2D eigenvalue weighted by Crippen LogP contribution is 2.41. The average molecular weight is 402 g/mol. The Kier molecular flexibility index (Phi) is 14.1. The van der Waals surface area contributed by atoms with Crippen LogP contribution in [0.1, 0.15) is 53.9 Å². The topological polar surface area (TPSA) is 19.0 Å². The number of nitrogens with zero attached hydrogens (tertiary/aromatic N) is 3. The van der Waals surface area contributed by atoms with Gasteiger partial charge in [-0.1, -0.05) is 27.7 Å². The Balaban J connectivity index is 5.55. The van der Waals surface area contributed by atoms with Crippen LogP contribution >= 0.6 is 0 Å². The van der Waals surface area contributed by atoms with Crippen molar-refractivity contribution in [3.8, 4) is 0 Å². The molecule has 0 saturated heterocycles. The van der Waals surface area contributed by atoms with Crippen molar-refractivity contribution < 1.29 is 4.43 Å². The lowest BCUT2D eigenvalue weighted by Gasteiger charge is -2.43. The fraction of sp³-hybridized carbons (Fsp3) is 1.00. The van der Waals surface area contributed by atoms with E-state index in [9.17, 15) is 0 Å². The Labute approximate surface area is 172 Å². The summed E-state index contributed by atoms with van der Waals surface area (Å²) in [5, 5.41) is 0. The van der Waals surface area contributed by atoms with Gasteiger partial charge in [-0.3, -0.25) is 0 Å². The normalized spacial score (nSPS) is 15.1. The zero-order valence-electron chi connectivity index (χ0n) is 20.2. The molecule has 0 aliphatic carbocycles. The summed E-state index contributed by atoms with van der Waals surface area (Å²) >= 11 is 0. The van der Waals surface area contributed by atoms with Gasteiger partial charge in [0.1, 0.15) is 0 Å². The van der Waals surface area contributed by atoms with Crippen molar-refractivity contribution in [3.63, 3.8) is 0 Å². The Morgan fingerprint density at radius 3 is 1.33 bits per heavy atom. The molecule has 0 aliphatic rings. The van der Waals surface area contributed by atoms with Crippen molar-refractivity contribution in [2.75, 3.05) is 67.0 Å². The van der Waals surface area contributed by atoms with Gasteiger partial charge in [0.15, 0.2) is 8.32 Å². The minimum absolute atomic E-state index is 0.391. The lowest BCUT2D eigenvalue weighted by molar-refractivity contribution is 0.152. The van der Waals surface area contributed by atoms with Crippen LogP contribution in [-0.2, 0) is 4.43 Å². The molecule has 0 aromatic rings. The Morgan fingerprint density at radius 1 is 0.704 bits per heavy atom. The SMILES string of the molecule is CCO[Si](C)(CC)CC(CCN(C)CC)(CCN(C)CC)CCN(C)CC. The average Bonchev–Trinajstić information content (AvgIpc) is 2.68. The molecule has 0 aromatic carbocycles. The van der Waals surface area contributed by atoms with Crippen molar-refractivity contribution in [2.45, 2.75) is 72.5 Å². The van der Waals surface area contributed by atoms with Gasteiger partial charge in [-0.25, -0.2) is 0 Å². The predicted octanol–water partition coefficient (Wildman–Crippen LogP) is 4.63. The predicted molar refractivity (Wildman–Crippen MR) is 124 cm³/mol. The highest BCUT2D eigenvalue weighted by Gasteiger charge is 2.40. The van der Waals surface area contributed by atoms with E-state index in [1.54, 1.807) is 0 Å². The van der Waals surface area contributed by atoms with Gasteiger partial charge in [0.25, 0.3) is 0 Å². The van der Waals surface area contributed by atoms with Crippen molar-refractivity contribution in [2.24, 2.45) is 5.41 Å². The molecule has 1 unspecified atom stereocenters. The highest BCUT2D eigenvalue weighted by molar-refractivity contribution is 6.72. The summed E-state index contributed by atoms with van der Waals surface area (Å²) in [4.78, 5) is 7.44. The molecule has 0 N–H and O–H groups in total. The van der Waals surface area contributed by atoms with Crippen LogP contribution in [0.4, 0.5) is 0 Å². The van der Waals surface area contributed by atoms with Crippen LogP contribution in [0, 0.1) is 5.41 Å². The molecule has 0 bridgehead atoms. The third kappa shape index (κ3) is 11.0. The van der Waals surface area contributed by atoms with Crippen molar-refractivity contribution >= 4 is 8.32 Å². The zero-order valence-corrected chi connectivity index (χ0v) is 21.2. The lowest BCUT2D eigenvalue weighted by atomic mass is 9.79. The molecular formula is C22H51N3OSi. The van der Waals surface area contributed by atoms with Gasteiger partial charge in [-0.05, 0) is 111 Å². The molecule has 164 valence electrons. The van der Waals surface area contributed by atoms with Gasteiger partial charge in [-0.2, -0.15) is 0 Å². The van der Waals surface area contributed by atoms with Gasteiger partial charge >= 0.3 is 0 Å². The van der Waals surface area contributed by atoms with Crippen LogP contribution in [0.5, 0.6) is 0 Å². The number of rotatable bonds is 17. The van der Waals surface area contributed by atoms with Gasteiger partial charge in [0.05, 0.1) is 0 Å². The Hall–Kier alpha value is 0.0569. The second-order valence-corrected chi connectivity index (χ2v) is 13.1. The second kappa shape index (κ2) is 14.1. The van der Waals surface area contributed by atoms with Crippen molar-refractivity contribution in [3.05, 3.63) is 0 Å². The lowest BCUT2D eigenvalue weighted by Crippen LogP contribution is -2.44. The molecular weight excluding hydrogens is 350 g/mol. The van der Waals surface area contributed by atoms with E-state index in [0.29, 0.717) is 5.41 Å². The molecule has 0 saturated carbocycles. The molecule has 0 aromatic heterocycles. The molecule has 0 spiro atoms. The number of hydrogen-bond donors (Lipinski definition) is 0. The van der Waals surface area contributed by atoms with E-state index in [0.717, 1.165) is 26.2 Å². The first kappa shape index (κ1) is 27.1. The Bertz CT molecular complexity index is 333. The van der Waals surface area contributed by atoms with E-state index in [1.807, 2.05) is 0 Å². The monoisotopic (exact) mass is 401 g/mol.